The average Bonchev–Trinajstić information content (AvgIpc) is 3.44. The van der Waals surface area contributed by atoms with Crippen molar-refractivity contribution in [2.24, 2.45) is 5.10 Å². The van der Waals surface area contributed by atoms with E-state index in [2.05, 4.69) is 36.7 Å². The smallest absolute Gasteiger partial charge is 0.271 e. The molecule has 0 spiro atoms. The second kappa shape index (κ2) is 12.9. The summed E-state index contributed by atoms with van der Waals surface area (Å²) in [5.74, 6) is 0.277. The van der Waals surface area contributed by atoms with E-state index in [1.165, 1.54) is 19.1 Å². The summed E-state index contributed by atoms with van der Waals surface area (Å²) in [5, 5.41) is 6.87. The first-order chi connectivity index (χ1) is 18.0. The monoisotopic (exact) mass is 564 g/mol. The summed E-state index contributed by atoms with van der Waals surface area (Å²) >= 11 is 3.49. The molecule has 0 atom stereocenters. The van der Waals surface area contributed by atoms with Crippen LogP contribution in [0.2, 0.25) is 0 Å². The number of nitrogens with one attached hydrogen (secondary N) is 2. The molecule has 1 aliphatic rings. The van der Waals surface area contributed by atoms with Crippen LogP contribution in [0.3, 0.4) is 0 Å². The number of hydrazone groups is 1. The van der Waals surface area contributed by atoms with Crippen LogP contribution in [0.1, 0.15) is 35.7 Å². The molecule has 1 aliphatic heterocycles. The number of amides is 2. The zero-order valence-corrected chi connectivity index (χ0v) is 22.2. The Morgan fingerprint density at radius 1 is 1.03 bits per heavy atom. The first-order valence-electron chi connectivity index (χ1n) is 12.2. The molecular weight excluding hydrogens is 536 g/mol. The van der Waals surface area contributed by atoms with Gasteiger partial charge in [0.15, 0.2) is 18.1 Å². The third-order valence-electron chi connectivity index (χ3n) is 5.72. The number of ether oxygens (including phenoxy) is 2. The molecule has 8 nitrogen and oxygen atoms in total. The minimum atomic E-state index is -0.294. The molecule has 192 valence electrons. The zero-order chi connectivity index (χ0) is 26.0. The second-order valence-electron chi connectivity index (χ2n) is 8.41. The van der Waals surface area contributed by atoms with Gasteiger partial charge < -0.3 is 19.7 Å². The van der Waals surface area contributed by atoms with Crippen LogP contribution in [0.15, 0.2) is 76.3 Å². The van der Waals surface area contributed by atoms with Crippen molar-refractivity contribution in [1.29, 1.82) is 0 Å². The van der Waals surface area contributed by atoms with Gasteiger partial charge >= 0.3 is 0 Å². The lowest BCUT2D eigenvalue weighted by Crippen LogP contribution is -2.20. The topological polar surface area (TPSA) is 92.3 Å². The van der Waals surface area contributed by atoms with Crippen molar-refractivity contribution >= 4 is 45.3 Å². The molecule has 2 N–H and O–H groups in total. The Bertz CT molecular complexity index is 1240. The fraction of sp³-hybridized carbons (Fsp3) is 0.250. The van der Waals surface area contributed by atoms with Crippen molar-refractivity contribution in [1.82, 2.24) is 5.43 Å². The highest BCUT2D eigenvalue weighted by Crippen LogP contribution is 2.36. The largest absolute Gasteiger partial charge is 0.490 e. The van der Waals surface area contributed by atoms with Gasteiger partial charge in [0.1, 0.15) is 0 Å². The number of anilines is 2. The first kappa shape index (κ1) is 26.2. The summed E-state index contributed by atoms with van der Waals surface area (Å²) in [6.45, 7) is 4.19. The second-order valence-corrected chi connectivity index (χ2v) is 9.26. The van der Waals surface area contributed by atoms with Crippen LogP contribution in [0, 0.1) is 0 Å². The molecule has 1 fully saturated rings. The van der Waals surface area contributed by atoms with Crippen LogP contribution in [0.25, 0.3) is 0 Å². The third-order valence-corrected chi connectivity index (χ3v) is 6.31. The molecule has 9 heteroatoms. The van der Waals surface area contributed by atoms with Crippen molar-refractivity contribution < 1.29 is 19.1 Å². The fourth-order valence-corrected chi connectivity index (χ4v) is 4.52. The van der Waals surface area contributed by atoms with Crippen molar-refractivity contribution in [3.8, 4) is 11.5 Å². The number of hydrogen-bond acceptors (Lipinski definition) is 6. The zero-order valence-electron chi connectivity index (χ0n) is 20.6. The first-order valence-corrected chi connectivity index (χ1v) is 12.9. The van der Waals surface area contributed by atoms with Crippen LogP contribution in [-0.4, -0.2) is 44.3 Å². The molecule has 4 rings (SSSR count). The normalized spacial score (nSPS) is 13.0. The standard InChI is InChI=1S/C28H29BrN4O4/c1-2-36-25-17-20(16-24(29)27(25)37-19-26(34)31-22-8-4-3-5-9-22)18-30-32-28(35)21-10-12-23(13-11-21)33-14-6-7-15-33/h3-5,8-13,16-18H,2,6-7,14-15,19H2,1H3,(H,31,34)(H,32,35)/b30-18-. The molecule has 0 unspecified atom stereocenters. The number of hydrogen-bond donors (Lipinski definition) is 2. The Kier molecular flexibility index (Phi) is 9.15. The quantitative estimate of drug-likeness (QED) is 0.260. The lowest BCUT2D eigenvalue weighted by Gasteiger charge is -2.17. The lowest BCUT2D eigenvalue weighted by molar-refractivity contribution is -0.118. The highest BCUT2D eigenvalue weighted by atomic mass is 79.9. The Hall–Kier alpha value is -3.85. The molecule has 2 amide bonds. The summed E-state index contributed by atoms with van der Waals surface area (Å²) in [6, 6.07) is 20.2. The van der Waals surface area contributed by atoms with Gasteiger partial charge in [0.05, 0.1) is 17.3 Å². The van der Waals surface area contributed by atoms with E-state index in [9.17, 15) is 9.59 Å². The van der Waals surface area contributed by atoms with E-state index < -0.39 is 0 Å². The summed E-state index contributed by atoms with van der Waals surface area (Å²) in [7, 11) is 0. The molecule has 37 heavy (non-hydrogen) atoms. The van der Waals surface area contributed by atoms with E-state index in [-0.39, 0.29) is 18.4 Å². The van der Waals surface area contributed by atoms with Gasteiger partial charge in [-0.25, -0.2) is 5.43 Å². The van der Waals surface area contributed by atoms with Crippen LogP contribution in [0.4, 0.5) is 11.4 Å². The molecule has 3 aromatic carbocycles. The molecule has 0 aromatic heterocycles. The number of carbonyl (C=O) groups is 2. The summed E-state index contributed by atoms with van der Waals surface area (Å²) in [5.41, 5.74) is 5.60. The van der Waals surface area contributed by atoms with Crippen LogP contribution >= 0.6 is 15.9 Å². The minimum absolute atomic E-state index is 0.187. The number of carbonyl (C=O) groups excluding carboxylic acids is 2. The predicted molar refractivity (Wildman–Crippen MR) is 149 cm³/mol. The maximum absolute atomic E-state index is 12.5. The number of rotatable bonds is 10. The van der Waals surface area contributed by atoms with Gasteiger partial charge in [0, 0.05) is 30.0 Å². The van der Waals surface area contributed by atoms with Crippen molar-refractivity contribution in [3.05, 3.63) is 82.3 Å². The number of halogens is 1. The lowest BCUT2D eigenvalue weighted by atomic mass is 10.2. The Morgan fingerprint density at radius 3 is 2.46 bits per heavy atom. The minimum Gasteiger partial charge on any atom is -0.490 e. The Labute approximate surface area is 224 Å². The number of benzene rings is 3. The van der Waals surface area contributed by atoms with Gasteiger partial charge in [0.25, 0.3) is 11.8 Å². The van der Waals surface area contributed by atoms with E-state index in [0.717, 1.165) is 18.8 Å². The van der Waals surface area contributed by atoms with Gasteiger partial charge in [-0.3, -0.25) is 9.59 Å². The molecule has 3 aromatic rings. The number of nitrogens with zero attached hydrogens (tertiary/aromatic N) is 2. The van der Waals surface area contributed by atoms with Gasteiger partial charge in [-0.05, 0) is 89.8 Å². The van der Waals surface area contributed by atoms with Crippen LogP contribution in [-0.2, 0) is 4.79 Å². The highest BCUT2D eigenvalue weighted by molar-refractivity contribution is 9.10. The molecule has 0 saturated carbocycles. The summed E-state index contributed by atoms with van der Waals surface area (Å²) in [6.07, 6.45) is 3.93. The molecular formula is C28H29BrN4O4. The Morgan fingerprint density at radius 2 is 1.76 bits per heavy atom. The van der Waals surface area contributed by atoms with Crippen LogP contribution in [0.5, 0.6) is 11.5 Å². The van der Waals surface area contributed by atoms with Gasteiger partial charge in [-0.2, -0.15) is 5.10 Å². The van der Waals surface area contributed by atoms with Crippen molar-refractivity contribution in [2.45, 2.75) is 19.8 Å². The maximum atomic E-state index is 12.5. The molecule has 0 aliphatic carbocycles. The van der Waals surface area contributed by atoms with E-state index in [4.69, 9.17) is 9.47 Å². The molecule has 0 radical (unpaired) electrons. The summed E-state index contributed by atoms with van der Waals surface area (Å²) < 4.78 is 12.1. The number of para-hydroxylation sites is 1. The highest BCUT2D eigenvalue weighted by Gasteiger charge is 2.15. The predicted octanol–water partition coefficient (Wildman–Crippen LogP) is 5.23. The van der Waals surface area contributed by atoms with Crippen LogP contribution < -0.4 is 25.1 Å². The van der Waals surface area contributed by atoms with E-state index >= 15 is 0 Å². The molecule has 1 saturated heterocycles. The van der Waals surface area contributed by atoms with E-state index in [0.29, 0.717) is 39.4 Å². The van der Waals surface area contributed by atoms with Gasteiger partial charge in [0.2, 0.25) is 0 Å². The Balaban J connectivity index is 1.36. The van der Waals surface area contributed by atoms with Gasteiger partial charge in [-0.15, -0.1) is 0 Å². The van der Waals surface area contributed by atoms with Crippen molar-refractivity contribution in [2.75, 3.05) is 36.5 Å². The molecule has 1 heterocycles. The van der Waals surface area contributed by atoms with Gasteiger partial charge in [-0.1, -0.05) is 18.2 Å². The van der Waals surface area contributed by atoms with E-state index in [1.807, 2.05) is 49.4 Å². The molecule has 0 bridgehead atoms. The summed E-state index contributed by atoms with van der Waals surface area (Å²) in [4.78, 5) is 27.1. The SMILES string of the molecule is CCOc1cc(/C=N\NC(=O)c2ccc(N3CCCC3)cc2)cc(Br)c1OCC(=O)Nc1ccccc1. The van der Waals surface area contributed by atoms with Crippen molar-refractivity contribution in [3.63, 3.8) is 0 Å². The average molecular weight is 565 g/mol. The third kappa shape index (κ3) is 7.33. The van der Waals surface area contributed by atoms with E-state index in [1.54, 1.807) is 24.3 Å². The maximum Gasteiger partial charge on any atom is 0.271 e. The fourth-order valence-electron chi connectivity index (χ4n) is 3.95.